The summed E-state index contributed by atoms with van der Waals surface area (Å²) in [5.74, 6) is 0.436. The molecule has 0 aliphatic carbocycles. The number of amides is 2. The van der Waals surface area contributed by atoms with Crippen LogP contribution in [0.15, 0.2) is 87.3 Å². The van der Waals surface area contributed by atoms with Crippen LogP contribution in [0.1, 0.15) is 21.7 Å². The van der Waals surface area contributed by atoms with Crippen molar-refractivity contribution in [2.24, 2.45) is 0 Å². The molecule has 0 atom stereocenters. The van der Waals surface area contributed by atoms with Crippen molar-refractivity contribution in [3.8, 4) is 11.5 Å². The van der Waals surface area contributed by atoms with Crippen molar-refractivity contribution in [1.29, 1.82) is 0 Å². The van der Waals surface area contributed by atoms with E-state index in [0.29, 0.717) is 27.5 Å². The van der Waals surface area contributed by atoms with Crippen molar-refractivity contribution in [2.75, 3.05) is 19.9 Å². The second-order valence-corrected chi connectivity index (χ2v) is 9.06. The predicted octanol–water partition coefficient (Wildman–Crippen LogP) is 4.63. The Morgan fingerprint density at radius 2 is 1.84 bits per heavy atom. The molecule has 3 heterocycles. The zero-order valence-corrected chi connectivity index (χ0v) is 21.0. The van der Waals surface area contributed by atoms with Crippen LogP contribution < -0.4 is 14.9 Å². The van der Waals surface area contributed by atoms with Crippen LogP contribution in [-0.2, 0) is 17.9 Å². The van der Waals surface area contributed by atoms with E-state index in [4.69, 9.17) is 29.9 Å². The highest BCUT2D eigenvalue weighted by Crippen LogP contribution is 2.33. The minimum Gasteiger partial charge on any atom is -0.464 e. The highest BCUT2D eigenvalue weighted by molar-refractivity contribution is 6.31. The van der Waals surface area contributed by atoms with Gasteiger partial charge in [-0.2, -0.15) is 0 Å². The number of hydrogen-bond acceptors (Lipinski definition) is 7. The smallest absolute Gasteiger partial charge is 0.290 e. The van der Waals surface area contributed by atoms with E-state index < -0.39 is 11.8 Å². The largest absolute Gasteiger partial charge is 0.464 e. The Morgan fingerprint density at radius 1 is 1.00 bits per heavy atom. The van der Waals surface area contributed by atoms with Gasteiger partial charge in [-0.05, 0) is 48.0 Å². The van der Waals surface area contributed by atoms with Gasteiger partial charge >= 0.3 is 0 Å². The van der Waals surface area contributed by atoms with Crippen LogP contribution >= 0.6 is 11.6 Å². The molecule has 5 rings (SSSR count). The van der Waals surface area contributed by atoms with E-state index >= 15 is 0 Å². The Bertz CT molecular complexity index is 1560. The van der Waals surface area contributed by atoms with Crippen LogP contribution in [0.25, 0.3) is 11.0 Å². The number of furan rings is 1. The van der Waals surface area contributed by atoms with E-state index in [-0.39, 0.29) is 49.7 Å². The molecule has 0 unspecified atom stereocenters. The third-order valence-electron chi connectivity index (χ3n) is 6.03. The average Bonchev–Trinajstić information content (AvgIpc) is 3.61. The van der Waals surface area contributed by atoms with E-state index in [1.54, 1.807) is 30.3 Å². The monoisotopic (exact) mass is 534 g/mol. The lowest BCUT2D eigenvalue weighted by Crippen LogP contribution is -2.43. The standard InChI is InChI=1S/C28H23ClN2O7/c1-2-9-30(28(34)24-4-3-10-35-24)15-26(32)31(13-18-5-7-23-25(11-18)38-17-37-23)14-19-16-36-22-8-6-20(29)12-21(22)27(19)33/h2-8,10-12,16H,1,9,13-15,17H2. The normalized spacial score (nSPS) is 11.9. The maximum absolute atomic E-state index is 13.6. The van der Waals surface area contributed by atoms with Crippen LogP contribution in [0.3, 0.4) is 0 Å². The molecular formula is C28H23ClN2O7. The number of nitrogens with zero attached hydrogens (tertiary/aromatic N) is 2. The quantitative estimate of drug-likeness (QED) is 0.289. The van der Waals surface area contributed by atoms with Crippen molar-refractivity contribution >= 4 is 34.4 Å². The van der Waals surface area contributed by atoms with Crippen LogP contribution in [0.4, 0.5) is 0 Å². The molecule has 10 heteroatoms. The fourth-order valence-corrected chi connectivity index (χ4v) is 4.32. The Labute approximate surface area is 222 Å². The van der Waals surface area contributed by atoms with Gasteiger partial charge in [0.2, 0.25) is 12.7 Å². The van der Waals surface area contributed by atoms with Gasteiger partial charge in [0.15, 0.2) is 22.7 Å². The summed E-state index contributed by atoms with van der Waals surface area (Å²) >= 11 is 6.09. The lowest BCUT2D eigenvalue weighted by Gasteiger charge is -2.27. The molecule has 0 saturated heterocycles. The first-order valence-corrected chi connectivity index (χ1v) is 12.1. The van der Waals surface area contributed by atoms with Gasteiger partial charge in [0.05, 0.1) is 30.0 Å². The Kier molecular flexibility index (Phi) is 7.19. The summed E-state index contributed by atoms with van der Waals surface area (Å²) in [6, 6.07) is 13.3. The van der Waals surface area contributed by atoms with Crippen LogP contribution in [0.5, 0.6) is 11.5 Å². The molecule has 38 heavy (non-hydrogen) atoms. The summed E-state index contributed by atoms with van der Waals surface area (Å²) in [5, 5.41) is 0.707. The van der Waals surface area contributed by atoms with E-state index in [9.17, 15) is 14.4 Å². The maximum Gasteiger partial charge on any atom is 0.290 e. The number of benzene rings is 2. The van der Waals surface area contributed by atoms with Gasteiger partial charge in [0.1, 0.15) is 12.1 Å². The van der Waals surface area contributed by atoms with Crippen molar-refractivity contribution < 1.29 is 27.9 Å². The number of hydrogen-bond donors (Lipinski definition) is 0. The average molecular weight is 535 g/mol. The zero-order chi connectivity index (χ0) is 26.6. The van der Waals surface area contributed by atoms with Crippen LogP contribution in [0, 0.1) is 0 Å². The molecule has 2 amide bonds. The van der Waals surface area contributed by atoms with Gasteiger partial charge in [-0.15, -0.1) is 6.58 Å². The molecule has 0 spiro atoms. The van der Waals surface area contributed by atoms with Gasteiger partial charge in [-0.1, -0.05) is 23.7 Å². The second kappa shape index (κ2) is 10.9. The van der Waals surface area contributed by atoms with E-state index in [2.05, 4.69) is 6.58 Å². The Hall–Kier alpha value is -4.50. The van der Waals surface area contributed by atoms with E-state index in [1.165, 1.54) is 40.5 Å². The number of ether oxygens (including phenoxy) is 2. The molecule has 2 aromatic heterocycles. The third kappa shape index (κ3) is 5.28. The van der Waals surface area contributed by atoms with Crippen molar-refractivity contribution in [2.45, 2.75) is 13.1 Å². The second-order valence-electron chi connectivity index (χ2n) is 8.62. The first kappa shape index (κ1) is 25.2. The fourth-order valence-electron chi connectivity index (χ4n) is 4.14. The molecule has 0 bridgehead atoms. The van der Waals surface area contributed by atoms with Crippen LogP contribution in [-0.4, -0.2) is 41.5 Å². The molecule has 0 N–H and O–H groups in total. The molecule has 0 saturated carbocycles. The highest BCUT2D eigenvalue weighted by atomic mass is 35.5. The Morgan fingerprint density at radius 3 is 2.63 bits per heavy atom. The summed E-state index contributed by atoms with van der Waals surface area (Å²) in [6.45, 7) is 3.75. The molecule has 1 aliphatic heterocycles. The number of fused-ring (bicyclic) bond motifs is 2. The molecule has 1 aliphatic rings. The maximum atomic E-state index is 13.6. The lowest BCUT2D eigenvalue weighted by atomic mass is 10.1. The number of carbonyl (C=O) groups is 2. The van der Waals surface area contributed by atoms with Gasteiger partial charge in [-0.25, -0.2) is 0 Å². The summed E-state index contributed by atoms with van der Waals surface area (Å²) in [5.41, 5.74) is 1.11. The summed E-state index contributed by atoms with van der Waals surface area (Å²) in [4.78, 5) is 42.6. The molecule has 0 radical (unpaired) electrons. The fraction of sp³-hybridized carbons (Fsp3) is 0.179. The molecule has 4 aromatic rings. The summed E-state index contributed by atoms with van der Waals surface area (Å²) in [6.07, 6.45) is 4.25. The minimum absolute atomic E-state index is 0.0606. The van der Waals surface area contributed by atoms with Crippen molar-refractivity contribution in [1.82, 2.24) is 9.80 Å². The molecule has 9 nitrogen and oxygen atoms in total. The highest BCUT2D eigenvalue weighted by Gasteiger charge is 2.25. The first-order chi connectivity index (χ1) is 18.4. The van der Waals surface area contributed by atoms with Gasteiger partial charge in [-0.3, -0.25) is 14.4 Å². The Balaban J connectivity index is 1.45. The molecule has 0 fully saturated rings. The number of carbonyl (C=O) groups excluding carboxylic acids is 2. The summed E-state index contributed by atoms with van der Waals surface area (Å²) in [7, 11) is 0. The first-order valence-electron chi connectivity index (χ1n) is 11.7. The van der Waals surface area contributed by atoms with Gasteiger partial charge < -0.3 is 28.1 Å². The lowest BCUT2D eigenvalue weighted by molar-refractivity contribution is -0.133. The van der Waals surface area contributed by atoms with Crippen molar-refractivity contribution in [3.63, 3.8) is 0 Å². The van der Waals surface area contributed by atoms with Gasteiger partial charge in [0.25, 0.3) is 5.91 Å². The third-order valence-corrected chi connectivity index (χ3v) is 6.26. The molecule has 2 aromatic carbocycles. The van der Waals surface area contributed by atoms with E-state index in [0.717, 1.165) is 5.56 Å². The molecule has 194 valence electrons. The summed E-state index contributed by atoms with van der Waals surface area (Å²) < 4.78 is 21.7. The van der Waals surface area contributed by atoms with Crippen molar-refractivity contribution in [3.05, 3.63) is 106 Å². The number of rotatable bonds is 9. The minimum atomic E-state index is -0.453. The SMILES string of the molecule is C=CCN(CC(=O)N(Cc1ccc2c(c1)OCO2)Cc1coc2ccc(Cl)cc2c1=O)C(=O)c1ccco1. The van der Waals surface area contributed by atoms with E-state index in [1.807, 2.05) is 6.07 Å². The predicted molar refractivity (Wildman–Crippen MR) is 139 cm³/mol. The topological polar surface area (TPSA) is 102 Å². The van der Waals surface area contributed by atoms with Crippen LogP contribution in [0.2, 0.25) is 5.02 Å². The number of halogens is 1. The van der Waals surface area contributed by atoms with Gasteiger partial charge in [0, 0.05) is 18.1 Å². The zero-order valence-electron chi connectivity index (χ0n) is 20.2. The molecular weight excluding hydrogens is 512 g/mol.